The fourth-order valence-corrected chi connectivity index (χ4v) is 1.49. The quantitative estimate of drug-likeness (QED) is 0.700. The van der Waals surface area contributed by atoms with Gasteiger partial charge in [-0.15, -0.1) is 0 Å². The van der Waals surface area contributed by atoms with E-state index in [-0.39, 0.29) is 5.54 Å². The summed E-state index contributed by atoms with van der Waals surface area (Å²) in [6, 6.07) is 0. The second-order valence-corrected chi connectivity index (χ2v) is 4.86. The van der Waals surface area contributed by atoms with Gasteiger partial charge in [-0.1, -0.05) is 0 Å². The van der Waals surface area contributed by atoms with Gasteiger partial charge in [0.25, 0.3) is 0 Å². The first-order valence-electron chi connectivity index (χ1n) is 5.52. The molecule has 1 heterocycles. The van der Waals surface area contributed by atoms with Gasteiger partial charge in [-0.25, -0.2) is 0 Å². The monoisotopic (exact) mass is 201 g/mol. The summed E-state index contributed by atoms with van der Waals surface area (Å²) in [5, 5.41) is 3.41. The van der Waals surface area contributed by atoms with Gasteiger partial charge in [0.15, 0.2) is 0 Å². The first kappa shape index (κ1) is 12.0. The van der Waals surface area contributed by atoms with Gasteiger partial charge in [0.2, 0.25) is 0 Å². The van der Waals surface area contributed by atoms with Crippen LogP contribution in [0, 0.1) is 0 Å². The summed E-state index contributed by atoms with van der Waals surface area (Å²) in [6.45, 7) is 9.96. The van der Waals surface area contributed by atoms with Crippen LogP contribution in [0.1, 0.15) is 33.6 Å². The van der Waals surface area contributed by atoms with Crippen molar-refractivity contribution in [3.8, 4) is 0 Å². The zero-order valence-electron chi connectivity index (χ0n) is 9.64. The lowest BCUT2D eigenvalue weighted by Crippen LogP contribution is -2.38. The molecule has 0 radical (unpaired) electrons. The maximum Gasteiger partial charge on any atom is 0.0619 e. The molecule has 0 bridgehead atoms. The van der Waals surface area contributed by atoms with Crippen LogP contribution < -0.4 is 5.32 Å². The Hall–Kier alpha value is -0.120. The number of nitrogens with one attached hydrogen (secondary N) is 1. The standard InChI is InChI=1S/C11H23NO2/c1-11(2,3)12-6-9-14-10-4-7-13-8-5-10/h10,12H,4-9H2,1-3H3. The second-order valence-electron chi connectivity index (χ2n) is 4.86. The van der Waals surface area contributed by atoms with Crippen molar-refractivity contribution in [2.24, 2.45) is 0 Å². The summed E-state index contributed by atoms with van der Waals surface area (Å²) in [4.78, 5) is 0. The van der Waals surface area contributed by atoms with E-state index in [1.165, 1.54) is 0 Å². The van der Waals surface area contributed by atoms with Crippen molar-refractivity contribution >= 4 is 0 Å². The normalized spacial score (nSPS) is 19.9. The maximum atomic E-state index is 5.74. The van der Waals surface area contributed by atoms with Crippen LogP contribution in [0.3, 0.4) is 0 Å². The number of hydrogen-bond donors (Lipinski definition) is 1. The average molecular weight is 201 g/mol. The lowest BCUT2D eigenvalue weighted by atomic mass is 10.1. The highest BCUT2D eigenvalue weighted by atomic mass is 16.5. The van der Waals surface area contributed by atoms with Gasteiger partial charge in [-0.3, -0.25) is 0 Å². The third-order valence-electron chi connectivity index (χ3n) is 2.28. The zero-order valence-corrected chi connectivity index (χ0v) is 9.64. The minimum absolute atomic E-state index is 0.193. The van der Waals surface area contributed by atoms with Crippen molar-refractivity contribution in [3.63, 3.8) is 0 Å². The molecule has 3 nitrogen and oxygen atoms in total. The molecule has 0 aromatic rings. The zero-order chi connectivity index (χ0) is 10.4. The smallest absolute Gasteiger partial charge is 0.0619 e. The molecule has 84 valence electrons. The predicted octanol–water partition coefficient (Wildman–Crippen LogP) is 1.57. The topological polar surface area (TPSA) is 30.5 Å². The molecule has 1 saturated heterocycles. The lowest BCUT2D eigenvalue weighted by Gasteiger charge is -2.24. The molecule has 0 aliphatic carbocycles. The Morgan fingerprint density at radius 1 is 1.29 bits per heavy atom. The number of hydrogen-bond acceptors (Lipinski definition) is 3. The minimum atomic E-state index is 0.193. The van der Waals surface area contributed by atoms with Gasteiger partial charge in [0, 0.05) is 25.3 Å². The number of ether oxygens (including phenoxy) is 2. The van der Waals surface area contributed by atoms with Gasteiger partial charge in [0.1, 0.15) is 0 Å². The van der Waals surface area contributed by atoms with Crippen molar-refractivity contribution in [2.75, 3.05) is 26.4 Å². The molecule has 3 heteroatoms. The van der Waals surface area contributed by atoms with E-state index in [0.29, 0.717) is 6.10 Å². The van der Waals surface area contributed by atoms with Crippen molar-refractivity contribution in [3.05, 3.63) is 0 Å². The summed E-state index contributed by atoms with van der Waals surface area (Å²) in [5.74, 6) is 0. The SMILES string of the molecule is CC(C)(C)NCCOC1CCOCC1. The first-order valence-corrected chi connectivity index (χ1v) is 5.52. The Bertz CT molecular complexity index is 148. The minimum Gasteiger partial charge on any atom is -0.381 e. The molecule has 1 aliphatic heterocycles. The summed E-state index contributed by atoms with van der Waals surface area (Å²) < 4.78 is 11.0. The molecule has 1 aliphatic rings. The Morgan fingerprint density at radius 2 is 1.93 bits per heavy atom. The van der Waals surface area contributed by atoms with Crippen LogP contribution in [0.2, 0.25) is 0 Å². The van der Waals surface area contributed by atoms with Crippen LogP contribution in [0.15, 0.2) is 0 Å². The molecule has 1 N–H and O–H groups in total. The molecule has 0 atom stereocenters. The Balaban J connectivity index is 1.97. The third kappa shape index (κ3) is 5.58. The highest BCUT2D eigenvalue weighted by molar-refractivity contribution is 4.70. The fourth-order valence-electron chi connectivity index (χ4n) is 1.49. The van der Waals surface area contributed by atoms with Crippen molar-refractivity contribution in [2.45, 2.75) is 45.3 Å². The summed E-state index contributed by atoms with van der Waals surface area (Å²) in [7, 11) is 0. The summed E-state index contributed by atoms with van der Waals surface area (Å²) in [5.41, 5.74) is 0.193. The van der Waals surface area contributed by atoms with Crippen LogP contribution in [-0.4, -0.2) is 38.0 Å². The molecule has 0 aromatic carbocycles. The van der Waals surface area contributed by atoms with E-state index < -0.39 is 0 Å². The van der Waals surface area contributed by atoms with E-state index in [0.717, 1.165) is 39.2 Å². The summed E-state index contributed by atoms with van der Waals surface area (Å²) in [6.07, 6.45) is 2.52. The first-order chi connectivity index (χ1) is 6.58. The van der Waals surface area contributed by atoms with Crippen molar-refractivity contribution in [1.29, 1.82) is 0 Å². The molecule has 1 fully saturated rings. The third-order valence-corrected chi connectivity index (χ3v) is 2.28. The highest BCUT2D eigenvalue weighted by Gasteiger charge is 2.14. The van der Waals surface area contributed by atoms with E-state index in [9.17, 15) is 0 Å². The Morgan fingerprint density at radius 3 is 2.50 bits per heavy atom. The summed E-state index contributed by atoms with van der Waals surface area (Å²) >= 11 is 0. The van der Waals surface area contributed by atoms with Crippen LogP contribution in [-0.2, 0) is 9.47 Å². The van der Waals surface area contributed by atoms with Crippen molar-refractivity contribution < 1.29 is 9.47 Å². The molecule has 0 amide bonds. The predicted molar refractivity (Wildman–Crippen MR) is 57.5 cm³/mol. The van der Waals surface area contributed by atoms with Crippen molar-refractivity contribution in [1.82, 2.24) is 5.32 Å². The molecular formula is C11H23NO2. The molecule has 1 rings (SSSR count). The van der Waals surface area contributed by atoms with E-state index >= 15 is 0 Å². The van der Waals surface area contributed by atoms with Gasteiger partial charge in [-0.2, -0.15) is 0 Å². The average Bonchev–Trinajstić information content (AvgIpc) is 2.13. The largest absolute Gasteiger partial charge is 0.381 e. The van der Waals surface area contributed by atoms with Gasteiger partial charge in [0.05, 0.1) is 12.7 Å². The molecule has 0 saturated carbocycles. The van der Waals surface area contributed by atoms with E-state index in [4.69, 9.17) is 9.47 Å². The Kier molecular flexibility index (Phi) is 4.85. The van der Waals surface area contributed by atoms with Crippen LogP contribution >= 0.6 is 0 Å². The molecular weight excluding hydrogens is 178 g/mol. The van der Waals surface area contributed by atoms with Gasteiger partial charge in [-0.05, 0) is 33.6 Å². The van der Waals surface area contributed by atoms with Crippen LogP contribution in [0.4, 0.5) is 0 Å². The van der Waals surface area contributed by atoms with E-state index in [2.05, 4.69) is 26.1 Å². The molecule has 0 aromatic heterocycles. The maximum absolute atomic E-state index is 5.74. The molecule has 0 unspecified atom stereocenters. The van der Waals surface area contributed by atoms with E-state index in [1.54, 1.807) is 0 Å². The van der Waals surface area contributed by atoms with E-state index in [1.807, 2.05) is 0 Å². The molecule has 0 spiro atoms. The lowest BCUT2D eigenvalue weighted by molar-refractivity contribution is -0.0313. The van der Waals surface area contributed by atoms with Crippen LogP contribution in [0.5, 0.6) is 0 Å². The van der Waals surface area contributed by atoms with Crippen LogP contribution in [0.25, 0.3) is 0 Å². The highest BCUT2D eigenvalue weighted by Crippen LogP contribution is 2.10. The van der Waals surface area contributed by atoms with Gasteiger partial charge >= 0.3 is 0 Å². The Labute approximate surface area is 87.2 Å². The number of rotatable bonds is 4. The molecule has 14 heavy (non-hydrogen) atoms. The fraction of sp³-hybridized carbons (Fsp3) is 1.00. The second kappa shape index (κ2) is 5.69. The van der Waals surface area contributed by atoms with Gasteiger partial charge < -0.3 is 14.8 Å².